The SMILES string of the molecule is COc1ccc(NC(=O)CSc2nc3ccccc3c(=O)n2CC(C)C)cc1. The highest BCUT2D eigenvalue weighted by molar-refractivity contribution is 7.99. The Hall–Kier alpha value is -2.80. The summed E-state index contributed by atoms with van der Waals surface area (Å²) in [7, 11) is 1.59. The van der Waals surface area contributed by atoms with Crippen LogP contribution < -0.4 is 15.6 Å². The van der Waals surface area contributed by atoms with Crippen molar-refractivity contribution in [2.75, 3.05) is 18.2 Å². The smallest absolute Gasteiger partial charge is 0.262 e. The van der Waals surface area contributed by atoms with E-state index in [2.05, 4.69) is 10.3 Å². The Labute approximate surface area is 167 Å². The van der Waals surface area contributed by atoms with E-state index < -0.39 is 0 Å². The number of aromatic nitrogens is 2. The first kappa shape index (κ1) is 19.9. The first-order valence-electron chi connectivity index (χ1n) is 9.04. The summed E-state index contributed by atoms with van der Waals surface area (Å²) in [6.45, 7) is 4.65. The maximum absolute atomic E-state index is 12.9. The molecule has 0 radical (unpaired) electrons. The molecule has 0 spiro atoms. The van der Waals surface area contributed by atoms with Gasteiger partial charge in [0.25, 0.3) is 5.56 Å². The van der Waals surface area contributed by atoms with E-state index in [1.54, 1.807) is 42.0 Å². The number of carbonyl (C=O) groups excluding carboxylic acids is 1. The molecule has 0 bridgehead atoms. The quantitative estimate of drug-likeness (QED) is 0.485. The van der Waals surface area contributed by atoms with Crippen molar-refractivity contribution in [3.8, 4) is 5.75 Å². The predicted molar refractivity (Wildman–Crippen MR) is 113 cm³/mol. The lowest BCUT2D eigenvalue weighted by molar-refractivity contribution is -0.113. The topological polar surface area (TPSA) is 73.2 Å². The maximum Gasteiger partial charge on any atom is 0.262 e. The molecule has 3 rings (SSSR count). The molecule has 0 unspecified atom stereocenters. The summed E-state index contributed by atoms with van der Waals surface area (Å²) in [5.41, 5.74) is 1.26. The molecule has 2 aromatic carbocycles. The third kappa shape index (κ3) is 4.72. The average molecular weight is 398 g/mol. The number of thioether (sulfide) groups is 1. The number of nitrogens with zero attached hydrogens (tertiary/aromatic N) is 2. The van der Waals surface area contributed by atoms with Crippen LogP contribution >= 0.6 is 11.8 Å². The van der Waals surface area contributed by atoms with Crippen molar-refractivity contribution in [3.63, 3.8) is 0 Å². The number of carbonyl (C=O) groups is 1. The summed E-state index contributed by atoms with van der Waals surface area (Å²) >= 11 is 1.27. The van der Waals surface area contributed by atoms with Gasteiger partial charge in [-0.15, -0.1) is 0 Å². The van der Waals surface area contributed by atoms with Gasteiger partial charge in [-0.2, -0.15) is 0 Å². The van der Waals surface area contributed by atoms with Gasteiger partial charge in [0.2, 0.25) is 5.91 Å². The van der Waals surface area contributed by atoms with E-state index in [0.717, 1.165) is 5.75 Å². The van der Waals surface area contributed by atoms with Crippen molar-refractivity contribution in [2.45, 2.75) is 25.5 Å². The van der Waals surface area contributed by atoms with Crippen LogP contribution in [-0.4, -0.2) is 28.3 Å². The van der Waals surface area contributed by atoms with Crippen LogP contribution in [0.3, 0.4) is 0 Å². The fourth-order valence-corrected chi connectivity index (χ4v) is 3.59. The van der Waals surface area contributed by atoms with Crippen LogP contribution in [0.25, 0.3) is 10.9 Å². The summed E-state index contributed by atoms with van der Waals surface area (Å²) in [6, 6.07) is 14.4. The van der Waals surface area contributed by atoms with Gasteiger partial charge in [-0.3, -0.25) is 14.2 Å². The molecular formula is C21H23N3O3S. The van der Waals surface area contributed by atoms with Gasteiger partial charge in [0.1, 0.15) is 5.75 Å². The first-order chi connectivity index (χ1) is 13.5. The van der Waals surface area contributed by atoms with Crippen molar-refractivity contribution >= 4 is 34.3 Å². The third-order valence-electron chi connectivity index (χ3n) is 4.08. The highest BCUT2D eigenvalue weighted by Crippen LogP contribution is 2.20. The lowest BCUT2D eigenvalue weighted by Gasteiger charge is -2.15. The van der Waals surface area contributed by atoms with Gasteiger partial charge < -0.3 is 10.1 Å². The number of amides is 1. The minimum Gasteiger partial charge on any atom is -0.497 e. The van der Waals surface area contributed by atoms with Crippen molar-refractivity contribution in [1.29, 1.82) is 0 Å². The van der Waals surface area contributed by atoms with Gasteiger partial charge in [-0.25, -0.2) is 4.98 Å². The number of nitrogens with one attached hydrogen (secondary N) is 1. The minimum absolute atomic E-state index is 0.0719. The Morgan fingerprint density at radius 2 is 1.89 bits per heavy atom. The van der Waals surface area contributed by atoms with Crippen molar-refractivity contribution in [2.24, 2.45) is 5.92 Å². The Morgan fingerprint density at radius 1 is 1.18 bits per heavy atom. The number of fused-ring (bicyclic) bond motifs is 1. The highest BCUT2D eigenvalue weighted by atomic mass is 32.2. The molecule has 146 valence electrons. The molecule has 1 amide bonds. The molecule has 0 aliphatic rings. The number of benzene rings is 2. The summed E-state index contributed by atoms with van der Waals surface area (Å²) < 4.78 is 6.78. The van der Waals surface area contributed by atoms with E-state index in [0.29, 0.717) is 28.3 Å². The fourth-order valence-electron chi connectivity index (χ4n) is 2.79. The Kier molecular flexibility index (Phi) is 6.36. The number of hydrogen-bond acceptors (Lipinski definition) is 5. The molecule has 0 aliphatic heterocycles. The van der Waals surface area contributed by atoms with Crippen molar-refractivity contribution in [1.82, 2.24) is 9.55 Å². The second kappa shape index (κ2) is 8.93. The summed E-state index contributed by atoms with van der Waals surface area (Å²) in [6.07, 6.45) is 0. The van der Waals surface area contributed by atoms with Crippen LogP contribution in [0.2, 0.25) is 0 Å². The summed E-state index contributed by atoms with van der Waals surface area (Å²) in [5, 5.41) is 4.00. The van der Waals surface area contributed by atoms with Gasteiger partial charge in [-0.1, -0.05) is 37.7 Å². The van der Waals surface area contributed by atoms with Gasteiger partial charge in [-0.05, 0) is 42.3 Å². The number of anilines is 1. The van der Waals surface area contributed by atoms with E-state index in [1.165, 1.54) is 11.8 Å². The van der Waals surface area contributed by atoms with Gasteiger partial charge in [0.05, 0.1) is 23.8 Å². The second-order valence-corrected chi connectivity index (χ2v) is 7.73. The summed E-state index contributed by atoms with van der Waals surface area (Å²) in [4.78, 5) is 29.8. The molecule has 1 heterocycles. The molecule has 7 heteroatoms. The Balaban J connectivity index is 1.78. The molecule has 0 saturated carbocycles. The van der Waals surface area contributed by atoms with E-state index in [9.17, 15) is 9.59 Å². The number of para-hydroxylation sites is 1. The largest absolute Gasteiger partial charge is 0.497 e. The molecule has 0 aliphatic carbocycles. The Morgan fingerprint density at radius 3 is 2.57 bits per heavy atom. The molecule has 1 N–H and O–H groups in total. The van der Waals surface area contributed by atoms with Gasteiger partial charge >= 0.3 is 0 Å². The number of rotatable bonds is 7. The molecule has 0 saturated heterocycles. The van der Waals surface area contributed by atoms with Crippen LogP contribution in [0.15, 0.2) is 58.5 Å². The normalized spacial score (nSPS) is 11.0. The standard InChI is InChI=1S/C21H23N3O3S/c1-14(2)12-24-20(26)17-6-4-5-7-18(17)23-21(24)28-13-19(25)22-15-8-10-16(27-3)11-9-15/h4-11,14H,12-13H2,1-3H3,(H,22,25). The zero-order valence-electron chi connectivity index (χ0n) is 16.1. The third-order valence-corrected chi connectivity index (χ3v) is 5.06. The minimum atomic E-state index is -0.159. The highest BCUT2D eigenvalue weighted by Gasteiger charge is 2.14. The monoisotopic (exact) mass is 397 g/mol. The zero-order chi connectivity index (χ0) is 20.1. The molecule has 3 aromatic rings. The lowest BCUT2D eigenvalue weighted by atomic mass is 10.2. The van der Waals surface area contributed by atoms with Crippen LogP contribution in [0.5, 0.6) is 5.75 Å². The van der Waals surface area contributed by atoms with E-state index in [-0.39, 0.29) is 23.1 Å². The van der Waals surface area contributed by atoms with Crippen LogP contribution in [0, 0.1) is 5.92 Å². The van der Waals surface area contributed by atoms with Crippen molar-refractivity contribution < 1.29 is 9.53 Å². The number of methoxy groups -OCH3 is 1. The van der Waals surface area contributed by atoms with E-state index in [4.69, 9.17) is 4.74 Å². The van der Waals surface area contributed by atoms with Crippen molar-refractivity contribution in [3.05, 3.63) is 58.9 Å². The molecule has 28 heavy (non-hydrogen) atoms. The number of ether oxygens (including phenoxy) is 1. The van der Waals surface area contributed by atoms with E-state index in [1.807, 2.05) is 32.0 Å². The maximum atomic E-state index is 12.9. The predicted octanol–water partition coefficient (Wildman–Crippen LogP) is 3.79. The van der Waals surface area contributed by atoms with Crippen LogP contribution in [0.4, 0.5) is 5.69 Å². The first-order valence-corrected chi connectivity index (χ1v) is 10.0. The second-order valence-electron chi connectivity index (χ2n) is 6.79. The molecular weight excluding hydrogens is 374 g/mol. The summed E-state index contributed by atoms with van der Waals surface area (Å²) in [5.74, 6) is 1.02. The van der Waals surface area contributed by atoms with Gasteiger partial charge in [0, 0.05) is 12.2 Å². The lowest BCUT2D eigenvalue weighted by Crippen LogP contribution is -2.26. The molecule has 0 atom stereocenters. The number of hydrogen-bond donors (Lipinski definition) is 1. The average Bonchev–Trinajstić information content (AvgIpc) is 2.69. The van der Waals surface area contributed by atoms with Crippen LogP contribution in [-0.2, 0) is 11.3 Å². The van der Waals surface area contributed by atoms with E-state index >= 15 is 0 Å². The molecule has 0 fully saturated rings. The zero-order valence-corrected chi connectivity index (χ0v) is 17.0. The van der Waals surface area contributed by atoms with Crippen LogP contribution in [0.1, 0.15) is 13.8 Å². The van der Waals surface area contributed by atoms with Gasteiger partial charge in [0.15, 0.2) is 5.16 Å². The molecule has 6 nitrogen and oxygen atoms in total. The molecule has 1 aromatic heterocycles. The Bertz CT molecular complexity index is 1030. The fraction of sp³-hybridized carbons (Fsp3) is 0.286.